The van der Waals surface area contributed by atoms with E-state index in [4.69, 9.17) is 10.5 Å². The van der Waals surface area contributed by atoms with Crippen molar-refractivity contribution in [1.29, 1.82) is 10.5 Å². The van der Waals surface area contributed by atoms with Crippen molar-refractivity contribution in [3.05, 3.63) is 11.3 Å². The first-order chi connectivity index (χ1) is 6.00. The third-order valence-corrected chi connectivity index (χ3v) is 2.53. The highest BCUT2D eigenvalue weighted by molar-refractivity contribution is 7.95. The van der Waals surface area contributed by atoms with E-state index in [0.717, 1.165) is 0 Å². The number of carbonyl (C=O) groups is 1. The molecule has 0 aromatic rings. The van der Waals surface area contributed by atoms with Crippen molar-refractivity contribution in [2.75, 3.05) is 12.5 Å². The van der Waals surface area contributed by atoms with Crippen LogP contribution in [-0.4, -0.2) is 18.4 Å². The van der Waals surface area contributed by atoms with Crippen molar-refractivity contribution >= 4 is 15.5 Å². The maximum atomic E-state index is 11.1. The molecule has 6 heteroatoms. The third kappa shape index (κ3) is 1.74. The lowest BCUT2D eigenvalue weighted by Gasteiger charge is -1.89. The summed E-state index contributed by atoms with van der Waals surface area (Å²) in [7, 11) is -1.67. The van der Waals surface area contributed by atoms with E-state index in [0.29, 0.717) is 0 Å². The fraction of sp³-hybridized carbons (Fsp3) is 0.286. The second-order valence-electron chi connectivity index (χ2n) is 2.66. The zero-order chi connectivity index (χ0) is 10.1. The molecule has 0 bridgehead atoms. The Hall–Kier alpha value is -1.66. The molecule has 0 aromatic carbocycles. The van der Waals surface area contributed by atoms with Gasteiger partial charge in [-0.25, -0.2) is 4.36 Å². The highest BCUT2D eigenvalue weighted by Gasteiger charge is 2.20. The van der Waals surface area contributed by atoms with Gasteiger partial charge in [-0.3, -0.25) is 4.79 Å². The molecule has 1 rings (SSSR count). The summed E-state index contributed by atoms with van der Waals surface area (Å²) in [6.45, 7) is 0. The predicted octanol–water partition coefficient (Wildman–Crippen LogP) is 0.609. The zero-order valence-electron chi connectivity index (χ0n) is 7.11. The number of rotatable bonds is 0. The van der Waals surface area contributed by atoms with Gasteiger partial charge in [0.2, 0.25) is 0 Å². The Balaban J connectivity index is 3.43. The van der Waals surface area contributed by atoms with Crippen molar-refractivity contribution in [3.63, 3.8) is 0 Å². The Kier molecular flexibility index (Phi) is 2.18. The van der Waals surface area contributed by atoms with E-state index < -0.39 is 15.5 Å². The summed E-state index contributed by atoms with van der Waals surface area (Å²) in [4.78, 5) is 11.1. The molecule has 0 fully saturated rings. The largest absolute Gasteiger partial charge is 0.305 e. The van der Waals surface area contributed by atoms with Crippen molar-refractivity contribution in [3.8, 4) is 12.1 Å². The summed E-state index contributed by atoms with van der Waals surface area (Å²) in [5, 5.41) is 17.0. The average Bonchev–Trinajstić information content (AvgIpc) is 2.28. The van der Waals surface area contributed by atoms with E-state index in [1.54, 1.807) is 24.6 Å². The van der Waals surface area contributed by atoms with E-state index in [2.05, 4.69) is 8.73 Å². The van der Waals surface area contributed by atoms with Gasteiger partial charge in [0.05, 0.1) is 0 Å². The monoisotopic (exact) mass is 194 g/mol. The molecule has 0 saturated carbocycles. The smallest absolute Gasteiger partial charge is 0.264 e. The molecule has 0 saturated heterocycles. The van der Waals surface area contributed by atoms with Gasteiger partial charge in [-0.1, -0.05) is 9.62 Å². The Labute approximate surface area is 76.1 Å². The van der Waals surface area contributed by atoms with Crippen LogP contribution in [0.2, 0.25) is 0 Å². The van der Waals surface area contributed by atoms with Gasteiger partial charge in [0.25, 0.3) is 0 Å². The van der Waals surface area contributed by atoms with Crippen LogP contribution in [0.15, 0.2) is 20.0 Å². The van der Waals surface area contributed by atoms with Gasteiger partial charge in [-0.2, -0.15) is 14.9 Å². The first kappa shape index (κ1) is 9.43. The molecule has 0 aromatic heterocycles. The van der Waals surface area contributed by atoms with Gasteiger partial charge in [0.15, 0.2) is 11.3 Å². The molecule has 1 amide bonds. The molecule has 0 radical (unpaired) electrons. The number of amides is 1. The Morgan fingerprint density at radius 1 is 1.31 bits per heavy atom. The van der Waals surface area contributed by atoms with Gasteiger partial charge in [0.1, 0.15) is 12.1 Å². The SMILES string of the molecule is CS1(C)=NC(=O)C(=C(C#N)C#N)N=1. The first-order valence-electron chi connectivity index (χ1n) is 3.28. The van der Waals surface area contributed by atoms with Crippen LogP contribution in [0.3, 0.4) is 0 Å². The molecule has 1 aliphatic rings. The van der Waals surface area contributed by atoms with Crippen LogP contribution >= 0.6 is 0 Å². The quantitative estimate of drug-likeness (QED) is 0.418. The van der Waals surface area contributed by atoms with E-state index in [9.17, 15) is 4.79 Å². The predicted molar refractivity (Wildman–Crippen MR) is 47.3 cm³/mol. The standard InChI is InChI=1S/C7H6N4OS/c1-13(2)10-6(7(12)11-13)5(3-8)4-9/h1-2H3. The lowest BCUT2D eigenvalue weighted by molar-refractivity contribution is -0.114. The minimum Gasteiger partial charge on any atom is -0.264 e. The Bertz CT molecular complexity index is 482. The van der Waals surface area contributed by atoms with Crippen LogP contribution in [0.4, 0.5) is 0 Å². The van der Waals surface area contributed by atoms with Crippen LogP contribution < -0.4 is 0 Å². The molecule has 13 heavy (non-hydrogen) atoms. The summed E-state index contributed by atoms with van der Waals surface area (Å²) in [5.74, 6) is -0.557. The van der Waals surface area contributed by atoms with Crippen molar-refractivity contribution < 1.29 is 4.79 Å². The molecular formula is C7H6N4OS. The molecule has 0 spiro atoms. The van der Waals surface area contributed by atoms with Crippen molar-refractivity contribution in [2.45, 2.75) is 0 Å². The highest BCUT2D eigenvalue weighted by atomic mass is 32.2. The molecular weight excluding hydrogens is 188 g/mol. The minimum atomic E-state index is -1.67. The third-order valence-electron chi connectivity index (χ3n) is 1.28. The minimum absolute atomic E-state index is 0.0926. The first-order valence-corrected chi connectivity index (χ1v) is 5.64. The summed E-state index contributed by atoms with van der Waals surface area (Å²) >= 11 is 0. The summed E-state index contributed by atoms with van der Waals surface area (Å²) in [5.41, 5.74) is -0.350. The number of hydrogen-bond acceptors (Lipinski definition) is 4. The van der Waals surface area contributed by atoms with Gasteiger partial charge in [0, 0.05) is 12.5 Å². The van der Waals surface area contributed by atoms with Crippen molar-refractivity contribution in [2.24, 2.45) is 8.73 Å². The average molecular weight is 194 g/mol. The second-order valence-corrected chi connectivity index (χ2v) is 5.46. The fourth-order valence-corrected chi connectivity index (χ4v) is 1.96. The number of nitrogens with zero attached hydrogens (tertiary/aromatic N) is 4. The van der Waals surface area contributed by atoms with Crippen LogP contribution in [-0.2, 0) is 14.4 Å². The van der Waals surface area contributed by atoms with Gasteiger partial charge in [-0.05, 0) is 0 Å². The normalized spacial score (nSPS) is 18.2. The molecule has 66 valence electrons. The topological polar surface area (TPSA) is 89.4 Å². The summed E-state index contributed by atoms with van der Waals surface area (Å²) < 4.78 is 7.68. The summed E-state index contributed by atoms with van der Waals surface area (Å²) in [6, 6.07) is 3.24. The van der Waals surface area contributed by atoms with Crippen molar-refractivity contribution in [1.82, 2.24) is 0 Å². The number of nitriles is 2. The molecule has 0 aliphatic carbocycles. The summed E-state index contributed by atoms with van der Waals surface area (Å²) in [6.07, 6.45) is 3.43. The maximum absolute atomic E-state index is 11.1. The molecule has 1 heterocycles. The van der Waals surface area contributed by atoms with Gasteiger partial charge >= 0.3 is 5.91 Å². The maximum Gasteiger partial charge on any atom is 0.305 e. The molecule has 0 N–H and O–H groups in total. The fourth-order valence-electron chi connectivity index (χ4n) is 0.812. The number of hydrogen-bond donors (Lipinski definition) is 0. The van der Waals surface area contributed by atoms with Gasteiger partial charge < -0.3 is 0 Å². The Morgan fingerprint density at radius 3 is 2.15 bits per heavy atom. The zero-order valence-corrected chi connectivity index (χ0v) is 7.92. The molecule has 0 unspecified atom stereocenters. The molecule has 5 nitrogen and oxygen atoms in total. The number of carbonyl (C=O) groups excluding carboxylic acids is 1. The van der Waals surface area contributed by atoms with E-state index in [1.807, 2.05) is 0 Å². The second kappa shape index (κ2) is 3.00. The van der Waals surface area contributed by atoms with Crippen LogP contribution in [0.5, 0.6) is 0 Å². The van der Waals surface area contributed by atoms with Gasteiger partial charge in [-0.15, -0.1) is 0 Å². The lowest BCUT2D eigenvalue weighted by atomic mass is 10.2. The van der Waals surface area contributed by atoms with E-state index in [-0.39, 0.29) is 11.3 Å². The lowest BCUT2D eigenvalue weighted by Crippen LogP contribution is -1.94. The molecule has 0 atom stereocenters. The molecule has 1 aliphatic heterocycles. The Morgan fingerprint density at radius 2 is 1.85 bits per heavy atom. The number of allylic oxidation sites excluding steroid dienone is 1. The van der Waals surface area contributed by atoms with E-state index >= 15 is 0 Å². The van der Waals surface area contributed by atoms with E-state index in [1.165, 1.54) is 0 Å². The highest BCUT2D eigenvalue weighted by Crippen LogP contribution is 2.17. The van der Waals surface area contributed by atoms with Crippen LogP contribution in [0.1, 0.15) is 0 Å². The van der Waals surface area contributed by atoms with Crippen LogP contribution in [0, 0.1) is 22.7 Å². The van der Waals surface area contributed by atoms with Crippen LogP contribution in [0.25, 0.3) is 0 Å².